The van der Waals surface area contributed by atoms with Crippen LogP contribution in [0.4, 0.5) is 0 Å². The molecule has 82 valence electrons. The molecule has 0 aromatic carbocycles. The van der Waals surface area contributed by atoms with Gasteiger partial charge in [-0.3, -0.25) is 0 Å². The molecule has 15 heavy (non-hydrogen) atoms. The van der Waals surface area contributed by atoms with Crippen molar-refractivity contribution in [3.05, 3.63) is 23.8 Å². The van der Waals surface area contributed by atoms with Gasteiger partial charge in [0, 0.05) is 18.2 Å². The van der Waals surface area contributed by atoms with Gasteiger partial charge < -0.3 is 10.6 Å². The summed E-state index contributed by atoms with van der Waals surface area (Å²) in [6, 6.07) is 2.05. The van der Waals surface area contributed by atoms with Crippen LogP contribution in [-0.2, 0) is 6.54 Å². The second-order valence-electron chi connectivity index (χ2n) is 4.22. The normalized spacial score (nSPS) is 19.3. The lowest BCUT2D eigenvalue weighted by Crippen LogP contribution is -2.29. The first-order valence-electron chi connectivity index (χ1n) is 5.49. The molecular weight excluding hydrogens is 188 g/mol. The second-order valence-corrected chi connectivity index (χ2v) is 4.22. The van der Waals surface area contributed by atoms with Crippen molar-refractivity contribution in [3.63, 3.8) is 0 Å². The van der Waals surface area contributed by atoms with Crippen molar-refractivity contribution >= 4 is 0 Å². The summed E-state index contributed by atoms with van der Waals surface area (Å²) >= 11 is 0. The topological polar surface area (TPSA) is 55.0 Å². The van der Waals surface area contributed by atoms with Crippen LogP contribution in [0.3, 0.4) is 0 Å². The Morgan fingerprint density at radius 1 is 1.40 bits per heavy atom. The Hall–Kier alpha value is -1.00. The van der Waals surface area contributed by atoms with Crippen molar-refractivity contribution in [3.8, 4) is 0 Å². The molecule has 2 rings (SSSR count). The first-order valence-corrected chi connectivity index (χ1v) is 5.49. The third kappa shape index (κ3) is 2.52. The molecule has 1 aromatic rings. The minimum atomic E-state index is 0.502. The number of piperidine rings is 1. The largest absolute Gasteiger partial charge is 0.325 e. The molecule has 1 aliphatic heterocycles. The highest BCUT2D eigenvalue weighted by Crippen LogP contribution is 2.25. The Balaban J connectivity index is 2.08. The van der Waals surface area contributed by atoms with Crippen molar-refractivity contribution in [1.82, 2.24) is 14.9 Å². The van der Waals surface area contributed by atoms with Gasteiger partial charge in [0.25, 0.3) is 0 Å². The minimum Gasteiger partial charge on any atom is -0.325 e. The maximum atomic E-state index is 5.57. The molecule has 2 heterocycles. The Labute approximate surface area is 90.5 Å². The van der Waals surface area contributed by atoms with E-state index < -0.39 is 0 Å². The van der Waals surface area contributed by atoms with Crippen LogP contribution < -0.4 is 5.73 Å². The van der Waals surface area contributed by atoms with Crippen LogP contribution in [0.15, 0.2) is 12.4 Å². The van der Waals surface area contributed by atoms with E-state index in [1.807, 2.05) is 0 Å². The molecule has 0 saturated carbocycles. The molecular formula is C11H18N4. The summed E-state index contributed by atoms with van der Waals surface area (Å²) in [6.45, 7) is 2.82. The highest BCUT2D eigenvalue weighted by atomic mass is 15.1. The maximum Gasteiger partial charge on any atom is 0.115 e. The number of nitrogens with zero attached hydrogens (tertiary/aromatic N) is 3. The van der Waals surface area contributed by atoms with E-state index in [1.54, 1.807) is 6.33 Å². The minimum absolute atomic E-state index is 0.502. The number of nitrogens with two attached hydrogens (primary N) is 1. The smallest absolute Gasteiger partial charge is 0.115 e. The van der Waals surface area contributed by atoms with Crippen molar-refractivity contribution in [2.45, 2.75) is 25.3 Å². The summed E-state index contributed by atoms with van der Waals surface area (Å²) in [5.74, 6) is 0.592. The molecule has 1 saturated heterocycles. The Kier molecular flexibility index (Phi) is 3.28. The van der Waals surface area contributed by atoms with Crippen LogP contribution in [0.5, 0.6) is 0 Å². The zero-order chi connectivity index (χ0) is 10.7. The first kappa shape index (κ1) is 10.5. The average Bonchev–Trinajstić information content (AvgIpc) is 2.30. The van der Waals surface area contributed by atoms with Gasteiger partial charge in [-0.2, -0.15) is 0 Å². The molecule has 1 aliphatic rings. The Bertz CT molecular complexity index is 318. The summed E-state index contributed by atoms with van der Waals surface area (Å²) in [6.07, 6.45) is 4.02. The van der Waals surface area contributed by atoms with Crippen LogP contribution in [-0.4, -0.2) is 35.0 Å². The second kappa shape index (κ2) is 4.68. The molecule has 1 aromatic heterocycles. The molecule has 0 spiro atoms. The molecule has 4 nitrogen and oxygen atoms in total. The van der Waals surface area contributed by atoms with E-state index in [-0.39, 0.29) is 0 Å². The summed E-state index contributed by atoms with van der Waals surface area (Å²) in [7, 11) is 2.17. The molecule has 1 fully saturated rings. The highest BCUT2D eigenvalue weighted by Gasteiger charge is 2.19. The van der Waals surface area contributed by atoms with Crippen molar-refractivity contribution in [1.29, 1.82) is 0 Å². The molecule has 0 unspecified atom stereocenters. The predicted molar refractivity (Wildman–Crippen MR) is 59.4 cm³/mol. The van der Waals surface area contributed by atoms with Crippen LogP contribution in [0.2, 0.25) is 0 Å². The van der Waals surface area contributed by atoms with E-state index in [9.17, 15) is 0 Å². The van der Waals surface area contributed by atoms with E-state index in [2.05, 4.69) is 28.0 Å². The third-order valence-corrected chi connectivity index (χ3v) is 3.09. The van der Waals surface area contributed by atoms with E-state index in [0.717, 1.165) is 18.8 Å². The van der Waals surface area contributed by atoms with Crippen LogP contribution >= 0.6 is 0 Å². The van der Waals surface area contributed by atoms with Gasteiger partial charge in [0.2, 0.25) is 0 Å². The molecule has 0 radical (unpaired) electrons. The lowest BCUT2D eigenvalue weighted by atomic mass is 9.93. The van der Waals surface area contributed by atoms with Gasteiger partial charge in [-0.25, -0.2) is 9.97 Å². The molecule has 0 atom stereocenters. The van der Waals surface area contributed by atoms with Gasteiger partial charge in [-0.15, -0.1) is 0 Å². The molecule has 0 aliphatic carbocycles. The Morgan fingerprint density at radius 3 is 2.80 bits per heavy atom. The van der Waals surface area contributed by atoms with Gasteiger partial charge in [-0.05, 0) is 39.0 Å². The van der Waals surface area contributed by atoms with Crippen LogP contribution in [0, 0.1) is 0 Å². The van der Waals surface area contributed by atoms with E-state index in [1.165, 1.54) is 18.5 Å². The van der Waals surface area contributed by atoms with Crippen molar-refractivity contribution in [2.75, 3.05) is 20.1 Å². The number of likely N-dealkylation sites (tertiary alicyclic amines) is 1. The standard InChI is InChI=1S/C11H18N4/c1-15-4-2-9(3-5-15)11-6-10(7-12)13-8-14-11/h6,8-9H,2-5,7,12H2,1H3. The average molecular weight is 206 g/mol. The molecule has 4 heteroatoms. The predicted octanol–water partition coefficient (Wildman–Crippen LogP) is 0.745. The van der Waals surface area contributed by atoms with Gasteiger partial charge >= 0.3 is 0 Å². The van der Waals surface area contributed by atoms with Gasteiger partial charge in [0.15, 0.2) is 0 Å². The van der Waals surface area contributed by atoms with Gasteiger partial charge in [-0.1, -0.05) is 0 Å². The third-order valence-electron chi connectivity index (χ3n) is 3.09. The summed E-state index contributed by atoms with van der Waals surface area (Å²) in [4.78, 5) is 10.8. The maximum absolute atomic E-state index is 5.57. The molecule has 0 amide bonds. The van der Waals surface area contributed by atoms with Crippen molar-refractivity contribution in [2.24, 2.45) is 5.73 Å². The number of hydrogen-bond acceptors (Lipinski definition) is 4. The summed E-state index contributed by atoms with van der Waals surface area (Å²) in [5, 5.41) is 0. The van der Waals surface area contributed by atoms with E-state index in [4.69, 9.17) is 5.73 Å². The monoisotopic (exact) mass is 206 g/mol. The SMILES string of the molecule is CN1CCC(c2cc(CN)ncn2)CC1. The van der Waals surface area contributed by atoms with Crippen LogP contribution in [0.25, 0.3) is 0 Å². The Morgan fingerprint density at radius 2 is 2.13 bits per heavy atom. The molecule has 0 bridgehead atoms. The highest BCUT2D eigenvalue weighted by molar-refractivity contribution is 5.13. The molecule has 2 N–H and O–H groups in total. The lowest BCUT2D eigenvalue weighted by molar-refractivity contribution is 0.253. The lowest BCUT2D eigenvalue weighted by Gasteiger charge is -2.28. The van der Waals surface area contributed by atoms with E-state index >= 15 is 0 Å². The summed E-state index contributed by atoms with van der Waals surface area (Å²) in [5.41, 5.74) is 7.68. The fourth-order valence-electron chi connectivity index (χ4n) is 2.05. The number of hydrogen-bond donors (Lipinski definition) is 1. The number of aromatic nitrogens is 2. The van der Waals surface area contributed by atoms with Gasteiger partial charge in [0.05, 0.1) is 5.69 Å². The quantitative estimate of drug-likeness (QED) is 0.775. The van der Waals surface area contributed by atoms with Gasteiger partial charge in [0.1, 0.15) is 6.33 Å². The fraction of sp³-hybridized carbons (Fsp3) is 0.636. The summed E-state index contributed by atoms with van der Waals surface area (Å²) < 4.78 is 0. The first-order chi connectivity index (χ1) is 7.29. The zero-order valence-corrected chi connectivity index (χ0v) is 9.19. The fourth-order valence-corrected chi connectivity index (χ4v) is 2.05. The van der Waals surface area contributed by atoms with Crippen molar-refractivity contribution < 1.29 is 0 Å². The zero-order valence-electron chi connectivity index (χ0n) is 9.19. The van der Waals surface area contributed by atoms with Crippen LogP contribution in [0.1, 0.15) is 30.1 Å². The van der Waals surface area contributed by atoms with E-state index in [0.29, 0.717) is 12.5 Å². The number of rotatable bonds is 2.